The van der Waals surface area contributed by atoms with Crippen molar-refractivity contribution >= 4 is 29.0 Å². The molecular formula is C36H43ClN4O6. The molecule has 4 rings (SSSR count). The standard InChI is InChI=1S/C36H43ClN4O6/c1-36(2,18-17-30(42)28-19-25(37)14-16-31(28)46-6)21-33(43)38-34-29(40(4)41(35(34)44)26-11-9-8-10-12-26)23-39(3)22-24-13-15-27(45-5)20-32(24)47-7/h8-16,19-20H,17-18,21-23H2,1-7H3,(H,38,43). The van der Waals surface area contributed by atoms with E-state index in [9.17, 15) is 14.4 Å². The quantitative estimate of drug-likeness (QED) is 0.145. The van der Waals surface area contributed by atoms with Crippen LogP contribution in [0, 0.1) is 5.41 Å². The van der Waals surface area contributed by atoms with E-state index in [0.29, 0.717) is 58.7 Å². The lowest BCUT2D eigenvalue weighted by Gasteiger charge is -2.24. The van der Waals surface area contributed by atoms with Gasteiger partial charge in [-0.1, -0.05) is 49.7 Å². The predicted molar refractivity (Wildman–Crippen MR) is 184 cm³/mol. The molecule has 11 heteroatoms. The fraction of sp³-hybridized carbons (Fsp3) is 0.361. The van der Waals surface area contributed by atoms with Gasteiger partial charge in [-0.3, -0.25) is 24.0 Å². The Morgan fingerprint density at radius 2 is 1.62 bits per heavy atom. The number of carbonyl (C=O) groups excluding carboxylic acids is 2. The number of ether oxygens (including phenoxy) is 3. The smallest absolute Gasteiger partial charge is 0.295 e. The number of halogens is 1. The van der Waals surface area contributed by atoms with E-state index >= 15 is 0 Å². The molecule has 1 heterocycles. The summed E-state index contributed by atoms with van der Waals surface area (Å²) < 4.78 is 19.6. The number of amides is 1. The van der Waals surface area contributed by atoms with Gasteiger partial charge in [-0.2, -0.15) is 0 Å². The van der Waals surface area contributed by atoms with Crippen LogP contribution in [-0.4, -0.2) is 54.3 Å². The molecule has 0 atom stereocenters. The summed E-state index contributed by atoms with van der Waals surface area (Å²) in [4.78, 5) is 42.5. The number of hydrogen-bond acceptors (Lipinski definition) is 7. The molecule has 47 heavy (non-hydrogen) atoms. The van der Waals surface area contributed by atoms with Crippen LogP contribution in [0.2, 0.25) is 5.02 Å². The zero-order valence-electron chi connectivity index (χ0n) is 28.1. The van der Waals surface area contributed by atoms with Crippen molar-refractivity contribution in [1.82, 2.24) is 14.3 Å². The summed E-state index contributed by atoms with van der Waals surface area (Å²) in [7, 11) is 8.47. The van der Waals surface area contributed by atoms with Crippen LogP contribution in [0.1, 0.15) is 54.7 Å². The second-order valence-corrected chi connectivity index (χ2v) is 12.7. The van der Waals surface area contributed by atoms with Crippen LogP contribution in [0.3, 0.4) is 0 Å². The van der Waals surface area contributed by atoms with Gasteiger partial charge in [0.15, 0.2) is 5.78 Å². The lowest BCUT2D eigenvalue weighted by Crippen LogP contribution is -2.27. The molecular weight excluding hydrogens is 620 g/mol. The van der Waals surface area contributed by atoms with Crippen LogP contribution in [0.25, 0.3) is 5.69 Å². The third kappa shape index (κ3) is 8.64. The number of hydrogen-bond donors (Lipinski definition) is 1. The summed E-state index contributed by atoms with van der Waals surface area (Å²) in [5, 5.41) is 3.38. The molecule has 10 nitrogen and oxygen atoms in total. The first-order chi connectivity index (χ1) is 22.4. The number of benzene rings is 3. The number of anilines is 1. The first-order valence-electron chi connectivity index (χ1n) is 15.3. The Hall–Kier alpha value is -4.54. The highest BCUT2D eigenvalue weighted by Crippen LogP contribution is 2.31. The fourth-order valence-electron chi connectivity index (χ4n) is 5.59. The van der Waals surface area contributed by atoms with Gasteiger partial charge < -0.3 is 19.5 Å². The van der Waals surface area contributed by atoms with Gasteiger partial charge in [-0.15, -0.1) is 0 Å². The van der Waals surface area contributed by atoms with Gasteiger partial charge in [0, 0.05) is 49.6 Å². The van der Waals surface area contributed by atoms with Gasteiger partial charge in [0.2, 0.25) is 5.91 Å². The molecule has 0 fully saturated rings. The Kier molecular flexibility index (Phi) is 11.5. The van der Waals surface area contributed by atoms with Crippen molar-refractivity contribution in [3.63, 3.8) is 0 Å². The third-order valence-electron chi connectivity index (χ3n) is 8.13. The number of nitrogens with zero attached hydrogens (tertiary/aromatic N) is 3. The molecule has 0 saturated carbocycles. The van der Waals surface area contributed by atoms with Gasteiger partial charge in [-0.05, 0) is 55.3 Å². The Morgan fingerprint density at radius 3 is 2.28 bits per heavy atom. The van der Waals surface area contributed by atoms with E-state index in [1.807, 2.05) is 74.3 Å². The van der Waals surface area contributed by atoms with Crippen LogP contribution < -0.4 is 25.1 Å². The molecule has 0 aliphatic carbocycles. The highest BCUT2D eigenvalue weighted by atomic mass is 35.5. The summed E-state index contributed by atoms with van der Waals surface area (Å²) in [6.07, 6.45) is 0.746. The van der Waals surface area contributed by atoms with Crippen LogP contribution in [0.4, 0.5) is 5.69 Å². The Balaban J connectivity index is 1.55. The number of nitrogens with one attached hydrogen (secondary N) is 1. The minimum absolute atomic E-state index is 0.102. The van der Waals surface area contributed by atoms with Crippen molar-refractivity contribution in [2.75, 3.05) is 33.7 Å². The van der Waals surface area contributed by atoms with Crippen LogP contribution >= 0.6 is 11.6 Å². The van der Waals surface area contributed by atoms with E-state index in [0.717, 1.165) is 5.56 Å². The molecule has 0 aliphatic heterocycles. The van der Waals surface area contributed by atoms with Crippen molar-refractivity contribution in [3.8, 4) is 22.9 Å². The average molecular weight is 663 g/mol. The Morgan fingerprint density at radius 1 is 0.915 bits per heavy atom. The van der Waals surface area contributed by atoms with E-state index in [2.05, 4.69) is 5.32 Å². The van der Waals surface area contributed by atoms with E-state index in [-0.39, 0.29) is 35.8 Å². The van der Waals surface area contributed by atoms with Gasteiger partial charge in [0.1, 0.15) is 22.9 Å². The highest BCUT2D eigenvalue weighted by Gasteiger charge is 2.27. The summed E-state index contributed by atoms with van der Waals surface area (Å²) >= 11 is 6.12. The van der Waals surface area contributed by atoms with Crippen molar-refractivity contribution in [3.05, 3.63) is 98.9 Å². The molecule has 0 aliphatic rings. The third-order valence-corrected chi connectivity index (χ3v) is 8.37. The number of aromatic nitrogens is 2. The molecule has 3 aromatic carbocycles. The maximum atomic E-state index is 13.9. The Labute approximate surface area is 280 Å². The number of para-hydroxylation sites is 1. The zero-order valence-corrected chi connectivity index (χ0v) is 28.8. The first-order valence-corrected chi connectivity index (χ1v) is 15.7. The molecule has 0 spiro atoms. The number of rotatable bonds is 15. The van der Waals surface area contributed by atoms with E-state index < -0.39 is 5.41 Å². The van der Waals surface area contributed by atoms with Gasteiger partial charge in [0.25, 0.3) is 5.56 Å². The molecule has 0 radical (unpaired) electrons. The SMILES string of the molecule is COc1ccc(CN(C)Cc2c(NC(=O)CC(C)(C)CCC(=O)c3cc(Cl)ccc3OC)c(=O)n(-c3ccccc3)n2C)c(OC)c1. The summed E-state index contributed by atoms with van der Waals surface area (Å²) in [6.45, 7) is 4.73. The monoisotopic (exact) mass is 662 g/mol. The van der Waals surface area contributed by atoms with Gasteiger partial charge in [0.05, 0.1) is 38.3 Å². The van der Waals surface area contributed by atoms with E-state index in [1.54, 1.807) is 48.8 Å². The first kappa shape index (κ1) is 35.3. The molecule has 0 saturated heterocycles. The van der Waals surface area contributed by atoms with Crippen molar-refractivity contribution in [2.45, 2.75) is 46.2 Å². The maximum Gasteiger partial charge on any atom is 0.295 e. The molecule has 0 bridgehead atoms. The molecule has 1 N–H and O–H groups in total. The van der Waals surface area contributed by atoms with E-state index in [1.165, 1.54) is 7.11 Å². The van der Waals surface area contributed by atoms with Gasteiger partial charge >= 0.3 is 0 Å². The molecule has 0 unspecified atom stereocenters. The number of ketones is 1. The van der Waals surface area contributed by atoms with Crippen LogP contribution in [0.5, 0.6) is 17.2 Å². The van der Waals surface area contributed by atoms with E-state index in [4.69, 9.17) is 25.8 Å². The molecule has 1 aromatic heterocycles. The summed E-state index contributed by atoms with van der Waals surface area (Å²) in [6, 6.07) is 19.9. The zero-order chi connectivity index (χ0) is 34.3. The molecule has 4 aromatic rings. The lowest BCUT2D eigenvalue weighted by atomic mass is 9.82. The average Bonchev–Trinajstić information content (AvgIpc) is 3.27. The minimum Gasteiger partial charge on any atom is -0.497 e. The number of carbonyl (C=O) groups is 2. The topological polar surface area (TPSA) is 104 Å². The normalized spacial score (nSPS) is 11.4. The van der Waals surface area contributed by atoms with Crippen molar-refractivity contribution in [1.29, 1.82) is 0 Å². The van der Waals surface area contributed by atoms with Crippen LogP contribution in [-0.2, 0) is 24.9 Å². The minimum atomic E-state index is -0.541. The second kappa shape index (κ2) is 15.4. The fourth-order valence-corrected chi connectivity index (χ4v) is 5.76. The largest absolute Gasteiger partial charge is 0.497 e. The maximum absolute atomic E-state index is 13.9. The number of Topliss-reactive ketones (excluding diaryl/α,β-unsaturated/α-hetero) is 1. The highest BCUT2D eigenvalue weighted by molar-refractivity contribution is 6.31. The number of methoxy groups -OCH3 is 3. The summed E-state index contributed by atoms with van der Waals surface area (Å²) in [5.74, 6) is 1.40. The van der Waals surface area contributed by atoms with Gasteiger partial charge in [-0.25, -0.2) is 4.68 Å². The Bertz CT molecular complexity index is 1780. The molecule has 250 valence electrons. The van der Waals surface area contributed by atoms with Crippen molar-refractivity contribution < 1.29 is 23.8 Å². The van der Waals surface area contributed by atoms with Crippen molar-refractivity contribution in [2.24, 2.45) is 12.5 Å². The molecule has 1 amide bonds. The summed E-state index contributed by atoms with van der Waals surface area (Å²) in [5.41, 5.74) is 2.01. The second-order valence-electron chi connectivity index (χ2n) is 12.3. The van der Waals surface area contributed by atoms with Crippen LogP contribution in [0.15, 0.2) is 71.5 Å². The lowest BCUT2D eigenvalue weighted by molar-refractivity contribution is -0.118. The predicted octanol–water partition coefficient (Wildman–Crippen LogP) is 6.51.